The van der Waals surface area contributed by atoms with Crippen molar-refractivity contribution in [3.05, 3.63) is 89.0 Å². The number of hydrogen-bond donors (Lipinski definition) is 2. The van der Waals surface area contributed by atoms with Crippen LogP contribution in [-0.2, 0) is 10.0 Å². The van der Waals surface area contributed by atoms with E-state index >= 15 is 0 Å². The molecule has 0 saturated heterocycles. The average Bonchev–Trinajstić information content (AvgIpc) is 2.67. The minimum absolute atomic E-state index is 0.0293. The lowest BCUT2D eigenvalue weighted by Gasteiger charge is -2.12. The van der Waals surface area contributed by atoms with Crippen molar-refractivity contribution in [1.82, 2.24) is 0 Å². The van der Waals surface area contributed by atoms with Gasteiger partial charge in [-0.2, -0.15) is 0 Å². The van der Waals surface area contributed by atoms with Gasteiger partial charge in [0.1, 0.15) is 0 Å². The molecule has 144 valence electrons. The summed E-state index contributed by atoms with van der Waals surface area (Å²) in [6.45, 7) is 5.82. The Labute approximate surface area is 165 Å². The maximum atomic E-state index is 12.7. The van der Waals surface area contributed by atoms with E-state index < -0.39 is 10.0 Å². The molecule has 0 aromatic heterocycles. The molecule has 5 nitrogen and oxygen atoms in total. The van der Waals surface area contributed by atoms with Gasteiger partial charge in [0.25, 0.3) is 15.9 Å². The highest BCUT2D eigenvalue weighted by Gasteiger charge is 2.17. The molecule has 3 aromatic carbocycles. The Balaban J connectivity index is 1.83. The fourth-order valence-electron chi connectivity index (χ4n) is 2.72. The minimum atomic E-state index is -3.80. The predicted octanol–water partition coefficient (Wildman–Crippen LogP) is 4.66. The van der Waals surface area contributed by atoms with Crippen LogP contribution < -0.4 is 10.0 Å². The molecule has 0 aliphatic heterocycles. The first-order valence-electron chi connectivity index (χ1n) is 8.83. The summed E-state index contributed by atoms with van der Waals surface area (Å²) in [5, 5.41) is 2.85. The van der Waals surface area contributed by atoms with Crippen molar-refractivity contribution < 1.29 is 13.2 Å². The molecule has 0 aliphatic rings. The van der Waals surface area contributed by atoms with Gasteiger partial charge in [0.05, 0.1) is 4.90 Å². The summed E-state index contributed by atoms with van der Waals surface area (Å²) in [4.78, 5) is 12.7. The van der Waals surface area contributed by atoms with Gasteiger partial charge >= 0.3 is 0 Å². The summed E-state index contributed by atoms with van der Waals surface area (Å²) < 4.78 is 27.9. The number of amides is 1. The summed E-state index contributed by atoms with van der Waals surface area (Å²) in [7, 11) is -3.80. The molecule has 6 heteroatoms. The van der Waals surface area contributed by atoms with Crippen molar-refractivity contribution in [2.45, 2.75) is 25.7 Å². The highest BCUT2D eigenvalue weighted by Crippen LogP contribution is 2.21. The maximum Gasteiger partial charge on any atom is 0.261 e. The normalized spacial score (nSPS) is 11.1. The molecule has 3 aromatic rings. The van der Waals surface area contributed by atoms with Crippen LogP contribution in [-0.4, -0.2) is 14.3 Å². The zero-order chi connectivity index (χ0) is 20.3. The SMILES string of the molecule is Cc1ccc(NS(=O)(=O)c2cccc(C(=O)Nc3cccc(C)c3C)c2)cc1. The number of aryl methyl sites for hydroxylation is 2. The Kier molecular flexibility index (Phi) is 5.51. The smallest absolute Gasteiger partial charge is 0.261 e. The molecular formula is C22H22N2O3S. The Morgan fingerprint density at radius 3 is 2.25 bits per heavy atom. The largest absolute Gasteiger partial charge is 0.322 e. The van der Waals surface area contributed by atoms with E-state index in [1.165, 1.54) is 12.1 Å². The molecule has 0 radical (unpaired) electrons. The Morgan fingerprint density at radius 1 is 0.857 bits per heavy atom. The maximum absolute atomic E-state index is 12.7. The molecule has 0 atom stereocenters. The van der Waals surface area contributed by atoms with E-state index in [2.05, 4.69) is 10.0 Å². The zero-order valence-electron chi connectivity index (χ0n) is 16.0. The second-order valence-corrected chi connectivity index (χ2v) is 8.38. The number of nitrogens with one attached hydrogen (secondary N) is 2. The lowest BCUT2D eigenvalue weighted by molar-refractivity contribution is 0.102. The quantitative estimate of drug-likeness (QED) is 0.661. The number of anilines is 2. The van der Waals surface area contributed by atoms with E-state index in [1.54, 1.807) is 24.3 Å². The third-order valence-corrected chi connectivity index (χ3v) is 5.94. The van der Waals surface area contributed by atoms with Crippen LogP contribution in [0.4, 0.5) is 11.4 Å². The zero-order valence-corrected chi connectivity index (χ0v) is 16.8. The van der Waals surface area contributed by atoms with Gasteiger partial charge in [-0.3, -0.25) is 9.52 Å². The summed E-state index contributed by atoms with van der Waals surface area (Å²) in [5.74, 6) is -0.360. The van der Waals surface area contributed by atoms with Gasteiger partial charge in [-0.15, -0.1) is 0 Å². The van der Waals surface area contributed by atoms with E-state index in [9.17, 15) is 13.2 Å². The van der Waals surface area contributed by atoms with Crippen molar-refractivity contribution in [3.8, 4) is 0 Å². The molecule has 1 amide bonds. The van der Waals surface area contributed by atoms with Crippen LogP contribution in [0.25, 0.3) is 0 Å². The van der Waals surface area contributed by atoms with Crippen LogP contribution in [0.5, 0.6) is 0 Å². The molecule has 0 saturated carbocycles. The van der Waals surface area contributed by atoms with Gasteiger partial charge in [0.2, 0.25) is 0 Å². The van der Waals surface area contributed by atoms with Crippen molar-refractivity contribution >= 4 is 27.3 Å². The van der Waals surface area contributed by atoms with E-state index in [0.29, 0.717) is 11.4 Å². The molecule has 2 N–H and O–H groups in total. The first kappa shape index (κ1) is 19.6. The summed E-state index contributed by atoms with van der Waals surface area (Å²) in [5.41, 5.74) is 4.52. The van der Waals surface area contributed by atoms with Gasteiger partial charge in [-0.1, -0.05) is 35.9 Å². The third-order valence-electron chi connectivity index (χ3n) is 4.56. The lowest BCUT2D eigenvalue weighted by Crippen LogP contribution is -2.16. The van der Waals surface area contributed by atoms with Crippen LogP contribution in [0.1, 0.15) is 27.0 Å². The van der Waals surface area contributed by atoms with Crippen molar-refractivity contribution in [3.63, 3.8) is 0 Å². The first-order chi connectivity index (χ1) is 13.3. The van der Waals surface area contributed by atoms with Gasteiger partial charge in [0.15, 0.2) is 0 Å². The third kappa shape index (κ3) is 4.40. The number of benzene rings is 3. The predicted molar refractivity (Wildman–Crippen MR) is 112 cm³/mol. The molecule has 0 heterocycles. The minimum Gasteiger partial charge on any atom is -0.322 e. The Morgan fingerprint density at radius 2 is 1.54 bits per heavy atom. The first-order valence-corrected chi connectivity index (χ1v) is 10.3. The van der Waals surface area contributed by atoms with Crippen molar-refractivity contribution in [2.75, 3.05) is 10.0 Å². The van der Waals surface area contributed by atoms with E-state index in [4.69, 9.17) is 0 Å². The molecule has 0 unspecified atom stereocenters. The second-order valence-electron chi connectivity index (χ2n) is 6.70. The highest BCUT2D eigenvalue weighted by molar-refractivity contribution is 7.92. The van der Waals surface area contributed by atoms with Crippen molar-refractivity contribution in [2.24, 2.45) is 0 Å². The molecule has 0 fully saturated rings. The molecule has 28 heavy (non-hydrogen) atoms. The fourth-order valence-corrected chi connectivity index (χ4v) is 3.83. The van der Waals surface area contributed by atoms with E-state index in [1.807, 2.05) is 51.1 Å². The van der Waals surface area contributed by atoms with Gasteiger partial charge in [0, 0.05) is 16.9 Å². The second kappa shape index (κ2) is 7.86. The molecule has 0 aliphatic carbocycles. The summed E-state index contributed by atoms with van der Waals surface area (Å²) >= 11 is 0. The number of sulfonamides is 1. The van der Waals surface area contributed by atoms with Crippen LogP contribution in [0.2, 0.25) is 0 Å². The van der Waals surface area contributed by atoms with Gasteiger partial charge < -0.3 is 5.32 Å². The molecule has 0 bridgehead atoms. The van der Waals surface area contributed by atoms with Crippen LogP contribution in [0.3, 0.4) is 0 Å². The Hall–Kier alpha value is -3.12. The number of hydrogen-bond acceptors (Lipinski definition) is 3. The van der Waals surface area contributed by atoms with E-state index in [0.717, 1.165) is 16.7 Å². The average molecular weight is 394 g/mol. The number of carbonyl (C=O) groups excluding carboxylic acids is 1. The van der Waals surface area contributed by atoms with Gasteiger partial charge in [-0.05, 0) is 68.3 Å². The fraction of sp³-hybridized carbons (Fsp3) is 0.136. The van der Waals surface area contributed by atoms with Gasteiger partial charge in [-0.25, -0.2) is 8.42 Å². The molecular weight excluding hydrogens is 372 g/mol. The van der Waals surface area contributed by atoms with Crippen LogP contribution in [0, 0.1) is 20.8 Å². The van der Waals surface area contributed by atoms with Crippen LogP contribution >= 0.6 is 0 Å². The number of carbonyl (C=O) groups is 1. The summed E-state index contributed by atoms with van der Waals surface area (Å²) in [6, 6.07) is 18.7. The lowest BCUT2D eigenvalue weighted by atomic mass is 10.1. The Bertz CT molecular complexity index is 1120. The summed E-state index contributed by atoms with van der Waals surface area (Å²) in [6.07, 6.45) is 0. The molecule has 3 rings (SSSR count). The topological polar surface area (TPSA) is 75.3 Å². The standard InChI is InChI=1S/C22H22N2O3S/c1-15-10-12-19(13-11-15)24-28(26,27)20-8-5-7-18(14-20)22(25)23-21-9-4-6-16(2)17(21)3/h4-14,24H,1-3H3,(H,23,25). The van der Waals surface area contributed by atoms with Crippen molar-refractivity contribution in [1.29, 1.82) is 0 Å². The van der Waals surface area contributed by atoms with Crippen LogP contribution in [0.15, 0.2) is 71.6 Å². The monoisotopic (exact) mass is 394 g/mol. The van der Waals surface area contributed by atoms with E-state index in [-0.39, 0.29) is 16.4 Å². The number of rotatable bonds is 5. The highest BCUT2D eigenvalue weighted by atomic mass is 32.2. The molecule has 0 spiro atoms.